The molecule has 0 aromatic heterocycles. The summed E-state index contributed by atoms with van der Waals surface area (Å²) in [5.41, 5.74) is 4.28. The molecular formula is C24H42O3. The number of hydrogen-bond donors (Lipinski definition) is 1. The minimum atomic E-state index is -0.468. The highest BCUT2D eigenvalue weighted by atomic mass is 16.5. The van der Waals surface area contributed by atoms with Crippen LogP contribution in [0.1, 0.15) is 73.1 Å². The summed E-state index contributed by atoms with van der Waals surface area (Å²) in [5, 5.41) is 10.7. The molecule has 0 amide bonds. The average molecular weight is 379 g/mol. The second-order valence-electron chi connectivity index (χ2n) is 8.54. The predicted molar refractivity (Wildman–Crippen MR) is 115 cm³/mol. The lowest BCUT2D eigenvalue weighted by atomic mass is 9.73. The molecule has 3 nitrogen and oxygen atoms in total. The first kappa shape index (κ1) is 24.1. The highest BCUT2D eigenvalue weighted by Crippen LogP contribution is 2.36. The predicted octanol–water partition coefficient (Wildman–Crippen LogP) is 5.84. The molecule has 1 rings (SSSR count). The first-order valence-corrected chi connectivity index (χ1v) is 10.5. The Morgan fingerprint density at radius 3 is 2.07 bits per heavy atom. The lowest BCUT2D eigenvalue weighted by molar-refractivity contribution is -0.151. The van der Waals surface area contributed by atoms with Crippen molar-refractivity contribution in [3.05, 3.63) is 34.9 Å². The van der Waals surface area contributed by atoms with Crippen LogP contribution in [0.2, 0.25) is 0 Å². The van der Waals surface area contributed by atoms with Crippen LogP contribution in [0.25, 0.3) is 0 Å². The molecule has 1 fully saturated rings. The Labute approximate surface area is 167 Å². The van der Waals surface area contributed by atoms with E-state index in [4.69, 9.17) is 9.47 Å². The quantitative estimate of drug-likeness (QED) is 0.485. The Balaban J connectivity index is 2.49. The molecule has 0 radical (unpaired) electrons. The molecule has 0 bridgehead atoms. The highest BCUT2D eigenvalue weighted by Gasteiger charge is 2.42. The minimum absolute atomic E-state index is 0.0132. The number of allylic oxidation sites excluding steroid dienone is 6. The van der Waals surface area contributed by atoms with Crippen molar-refractivity contribution in [3.63, 3.8) is 0 Å². The third kappa shape index (κ3) is 8.33. The molecule has 0 aliphatic heterocycles. The van der Waals surface area contributed by atoms with E-state index in [2.05, 4.69) is 52.8 Å². The number of aliphatic hydroxyl groups is 1. The third-order valence-electron chi connectivity index (χ3n) is 5.91. The van der Waals surface area contributed by atoms with Crippen LogP contribution in [0.4, 0.5) is 0 Å². The summed E-state index contributed by atoms with van der Waals surface area (Å²) >= 11 is 0. The van der Waals surface area contributed by atoms with Gasteiger partial charge in [0, 0.05) is 14.2 Å². The second-order valence-corrected chi connectivity index (χ2v) is 8.54. The third-order valence-corrected chi connectivity index (χ3v) is 5.91. The fraction of sp³-hybridized carbons (Fsp3) is 0.750. The van der Waals surface area contributed by atoms with Crippen LogP contribution in [0.5, 0.6) is 0 Å². The fourth-order valence-corrected chi connectivity index (χ4v) is 4.04. The standard InChI is InChI=1S/C24H42O3/c1-17(2)10-8-11-18(3)12-9-13-19(4)14-15-21-20(5)16-22(26-6)24(27-7)23(21)25/h10,12,14,20-25H,8-9,11,13,15-16H2,1-7H3. The molecule has 156 valence electrons. The van der Waals surface area contributed by atoms with Crippen LogP contribution in [0.15, 0.2) is 34.9 Å². The van der Waals surface area contributed by atoms with E-state index < -0.39 is 6.10 Å². The molecule has 1 aliphatic carbocycles. The van der Waals surface area contributed by atoms with Crippen molar-refractivity contribution >= 4 is 0 Å². The van der Waals surface area contributed by atoms with Crippen LogP contribution in [0, 0.1) is 11.8 Å². The van der Waals surface area contributed by atoms with Gasteiger partial charge in [-0.25, -0.2) is 0 Å². The zero-order valence-corrected chi connectivity index (χ0v) is 18.6. The van der Waals surface area contributed by atoms with Gasteiger partial charge in [0.05, 0.1) is 12.2 Å². The van der Waals surface area contributed by atoms with Gasteiger partial charge in [0.25, 0.3) is 0 Å². The second kappa shape index (κ2) is 12.5. The molecule has 3 heteroatoms. The summed E-state index contributed by atoms with van der Waals surface area (Å²) < 4.78 is 11.0. The molecule has 1 saturated carbocycles. The summed E-state index contributed by atoms with van der Waals surface area (Å²) in [6.45, 7) is 11.0. The summed E-state index contributed by atoms with van der Waals surface area (Å²) in [7, 11) is 3.37. The Bertz CT molecular complexity index is 514. The molecule has 1 N–H and O–H groups in total. The molecule has 0 aromatic rings. The van der Waals surface area contributed by atoms with Crippen LogP contribution in [-0.4, -0.2) is 37.6 Å². The molecule has 0 saturated heterocycles. The summed E-state index contributed by atoms with van der Waals surface area (Å²) in [6.07, 6.45) is 12.6. The van der Waals surface area contributed by atoms with Crippen molar-refractivity contribution in [3.8, 4) is 0 Å². The van der Waals surface area contributed by atoms with Crippen LogP contribution in [-0.2, 0) is 9.47 Å². The van der Waals surface area contributed by atoms with Crippen molar-refractivity contribution in [1.29, 1.82) is 0 Å². The van der Waals surface area contributed by atoms with Gasteiger partial charge >= 0.3 is 0 Å². The van der Waals surface area contributed by atoms with E-state index in [1.54, 1.807) is 14.2 Å². The average Bonchev–Trinajstić information content (AvgIpc) is 2.60. The summed E-state index contributed by atoms with van der Waals surface area (Å²) in [5.74, 6) is 0.662. The van der Waals surface area contributed by atoms with Gasteiger partial charge in [0.2, 0.25) is 0 Å². The van der Waals surface area contributed by atoms with E-state index in [0.717, 1.165) is 38.5 Å². The lowest BCUT2D eigenvalue weighted by Crippen LogP contribution is -2.51. The van der Waals surface area contributed by atoms with E-state index in [9.17, 15) is 5.11 Å². The van der Waals surface area contributed by atoms with E-state index in [1.165, 1.54) is 16.7 Å². The van der Waals surface area contributed by atoms with Crippen molar-refractivity contribution < 1.29 is 14.6 Å². The van der Waals surface area contributed by atoms with E-state index in [1.807, 2.05) is 0 Å². The molecule has 0 spiro atoms. The van der Waals surface area contributed by atoms with E-state index in [-0.39, 0.29) is 18.1 Å². The molecular weight excluding hydrogens is 336 g/mol. The fourth-order valence-electron chi connectivity index (χ4n) is 4.04. The van der Waals surface area contributed by atoms with Gasteiger partial charge < -0.3 is 14.6 Å². The SMILES string of the molecule is COC1CC(C)C(CC=C(C)CCC=C(C)CCC=C(C)C)C(O)C1OC. The van der Waals surface area contributed by atoms with Crippen LogP contribution < -0.4 is 0 Å². The maximum absolute atomic E-state index is 10.7. The molecule has 5 unspecified atom stereocenters. The molecule has 0 heterocycles. The molecule has 1 aliphatic rings. The molecule has 27 heavy (non-hydrogen) atoms. The van der Waals surface area contributed by atoms with Crippen molar-refractivity contribution in [2.24, 2.45) is 11.8 Å². The highest BCUT2D eigenvalue weighted by molar-refractivity contribution is 5.06. The normalized spacial score (nSPS) is 29.7. The van der Waals surface area contributed by atoms with Crippen molar-refractivity contribution in [2.75, 3.05) is 14.2 Å². The van der Waals surface area contributed by atoms with Crippen LogP contribution in [0.3, 0.4) is 0 Å². The van der Waals surface area contributed by atoms with Crippen molar-refractivity contribution in [2.45, 2.75) is 91.5 Å². The number of aliphatic hydroxyl groups excluding tert-OH is 1. The largest absolute Gasteiger partial charge is 0.390 e. The number of ether oxygens (including phenoxy) is 2. The first-order chi connectivity index (χ1) is 12.8. The number of rotatable bonds is 10. The smallest absolute Gasteiger partial charge is 0.109 e. The van der Waals surface area contributed by atoms with E-state index >= 15 is 0 Å². The Hall–Kier alpha value is -0.900. The van der Waals surface area contributed by atoms with Gasteiger partial charge in [-0.05, 0) is 78.1 Å². The maximum atomic E-state index is 10.7. The maximum Gasteiger partial charge on any atom is 0.109 e. The van der Waals surface area contributed by atoms with Gasteiger partial charge in [-0.3, -0.25) is 0 Å². The van der Waals surface area contributed by atoms with E-state index in [0.29, 0.717) is 5.92 Å². The molecule has 5 atom stereocenters. The Morgan fingerprint density at radius 2 is 1.52 bits per heavy atom. The zero-order chi connectivity index (χ0) is 20.4. The van der Waals surface area contributed by atoms with Gasteiger partial charge in [-0.2, -0.15) is 0 Å². The topological polar surface area (TPSA) is 38.7 Å². The van der Waals surface area contributed by atoms with Gasteiger partial charge in [-0.15, -0.1) is 0 Å². The zero-order valence-electron chi connectivity index (χ0n) is 18.6. The monoisotopic (exact) mass is 378 g/mol. The first-order valence-electron chi connectivity index (χ1n) is 10.5. The van der Waals surface area contributed by atoms with Gasteiger partial charge in [-0.1, -0.05) is 41.9 Å². The summed E-state index contributed by atoms with van der Waals surface area (Å²) in [6, 6.07) is 0. The number of hydrogen-bond acceptors (Lipinski definition) is 3. The minimum Gasteiger partial charge on any atom is -0.390 e. The molecule has 0 aromatic carbocycles. The Kier molecular flexibility index (Phi) is 11.2. The van der Waals surface area contributed by atoms with Crippen LogP contribution >= 0.6 is 0 Å². The number of methoxy groups -OCH3 is 2. The summed E-state index contributed by atoms with van der Waals surface area (Å²) in [4.78, 5) is 0. The van der Waals surface area contributed by atoms with Crippen molar-refractivity contribution in [1.82, 2.24) is 0 Å². The lowest BCUT2D eigenvalue weighted by Gasteiger charge is -2.42. The van der Waals surface area contributed by atoms with Gasteiger partial charge in [0.1, 0.15) is 6.10 Å². The Morgan fingerprint density at radius 1 is 0.926 bits per heavy atom. The van der Waals surface area contributed by atoms with Gasteiger partial charge in [0.15, 0.2) is 0 Å².